The Hall–Kier alpha value is -1.36. The Labute approximate surface area is 123 Å². The van der Waals surface area contributed by atoms with E-state index in [9.17, 15) is 9.59 Å². The number of nitrogens with zero attached hydrogens (tertiary/aromatic N) is 1. The van der Waals surface area contributed by atoms with Crippen LogP contribution in [0, 0.1) is 0 Å². The highest BCUT2D eigenvalue weighted by Gasteiger charge is 2.47. The second-order valence-corrected chi connectivity index (χ2v) is 7.21. The van der Waals surface area contributed by atoms with Gasteiger partial charge in [-0.25, -0.2) is 0 Å². The maximum Gasteiger partial charge on any atom is 0.248 e. The van der Waals surface area contributed by atoms with E-state index < -0.39 is 11.6 Å². The van der Waals surface area contributed by atoms with Gasteiger partial charge in [-0.3, -0.25) is 9.59 Å². The predicted molar refractivity (Wildman–Crippen MR) is 78.5 cm³/mol. The van der Waals surface area contributed by atoms with Gasteiger partial charge in [-0.2, -0.15) is 0 Å². The Kier molecular flexibility index (Phi) is 3.12. The summed E-state index contributed by atoms with van der Waals surface area (Å²) in [5.74, 6) is -0.0365. The first-order chi connectivity index (χ1) is 9.42. The number of amides is 2. The standard InChI is InChI=1S/C15H20N2O2S/c1-9-13(18)16-15(2,3)14(19)17(9)11-5-4-6-12-10(11)7-8-20-12/h7-9,11H,4-6H2,1-3H3,(H,16,18). The van der Waals surface area contributed by atoms with Crippen molar-refractivity contribution in [2.24, 2.45) is 0 Å². The summed E-state index contributed by atoms with van der Waals surface area (Å²) in [6.45, 7) is 5.38. The molecule has 3 rings (SSSR count). The molecule has 2 heterocycles. The van der Waals surface area contributed by atoms with Crippen molar-refractivity contribution in [3.8, 4) is 0 Å². The van der Waals surface area contributed by atoms with E-state index in [0.29, 0.717) is 0 Å². The van der Waals surface area contributed by atoms with Crippen molar-refractivity contribution in [1.82, 2.24) is 10.2 Å². The maximum absolute atomic E-state index is 12.7. The van der Waals surface area contributed by atoms with E-state index in [0.717, 1.165) is 19.3 Å². The Morgan fingerprint density at radius 1 is 1.40 bits per heavy atom. The summed E-state index contributed by atoms with van der Waals surface area (Å²) >= 11 is 1.76. The lowest BCUT2D eigenvalue weighted by atomic mass is 9.88. The molecule has 1 aromatic rings. The number of aryl methyl sites for hydroxylation is 1. The second-order valence-electron chi connectivity index (χ2n) is 6.21. The fourth-order valence-electron chi connectivity index (χ4n) is 3.25. The van der Waals surface area contributed by atoms with E-state index in [1.165, 1.54) is 10.4 Å². The highest BCUT2D eigenvalue weighted by Crippen LogP contribution is 2.39. The normalized spacial score (nSPS) is 29.1. The lowest BCUT2D eigenvalue weighted by Gasteiger charge is -2.46. The van der Waals surface area contributed by atoms with Crippen LogP contribution in [0.3, 0.4) is 0 Å². The molecule has 0 radical (unpaired) electrons. The Morgan fingerprint density at radius 2 is 2.15 bits per heavy atom. The molecule has 1 saturated heterocycles. The van der Waals surface area contributed by atoms with Crippen LogP contribution in [0.15, 0.2) is 11.4 Å². The molecule has 1 aliphatic heterocycles. The zero-order chi connectivity index (χ0) is 14.5. The van der Waals surface area contributed by atoms with E-state index in [1.807, 2.05) is 11.8 Å². The molecule has 1 N–H and O–H groups in total. The Balaban J connectivity index is 2.01. The summed E-state index contributed by atoms with van der Waals surface area (Å²) in [4.78, 5) is 28.1. The summed E-state index contributed by atoms with van der Waals surface area (Å²) in [5, 5.41) is 4.91. The number of carbonyl (C=O) groups excluding carboxylic acids is 2. The third-order valence-corrected chi connectivity index (χ3v) is 5.35. The number of rotatable bonds is 1. The number of nitrogens with one attached hydrogen (secondary N) is 1. The molecule has 2 atom stereocenters. The average Bonchev–Trinajstić information content (AvgIpc) is 2.85. The van der Waals surface area contributed by atoms with Crippen LogP contribution in [-0.4, -0.2) is 28.3 Å². The van der Waals surface area contributed by atoms with Crippen molar-refractivity contribution < 1.29 is 9.59 Å². The van der Waals surface area contributed by atoms with E-state index in [4.69, 9.17) is 0 Å². The summed E-state index contributed by atoms with van der Waals surface area (Å²) in [6.07, 6.45) is 3.12. The summed E-state index contributed by atoms with van der Waals surface area (Å²) in [5.41, 5.74) is 0.434. The fourth-order valence-corrected chi connectivity index (χ4v) is 4.23. The highest BCUT2D eigenvalue weighted by atomic mass is 32.1. The summed E-state index contributed by atoms with van der Waals surface area (Å²) < 4.78 is 0. The van der Waals surface area contributed by atoms with Gasteiger partial charge in [0.15, 0.2) is 0 Å². The SMILES string of the molecule is CC1C(=O)NC(C)(C)C(=O)N1C1CCCc2sccc21. The average molecular weight is 292 g/mol. The first-order valence-electron chi connectivity index (χ1n) is 7.13. The van der Waals surface area contributed by atoms with E-state index in [-0.39, 0.29) is 17.9 Å². The molecule has 0 aromatic carbocycles. The smallest absolute Gasteiger partial charge is 0.248 e. The van der Waals surface area contributed by atoms with Crippen LogP contribution in [-0.2, 0) is 16.0 Å². The predicted octanol–water partition coefficient (Wildman–Crippen LogP) is 2.25. The van der Waals surface area contributed by atoms with Crippen LogP contribution in [0.25, 0.3) is 0 Å². The quantitative estimate of drug-likeness (QED) is 0.863. The molecule has 5 heteroatoms. The van der Waals surface area contributed by atoms with Gasteiger partial charge in [0.2, 0.25) is 11.8 Å². The molecule has 1 aliphatic carbocycles. The van der Waals surface area contributed by atoms with Crippen molar-refractivity contribution in [1.29, 1.82) is 0 Å². The van der Waals surface area contributed by atoms with Gasteiger partial charge in [0.1, 0.15) is 11.6 Å². The van der Waals surface area contributed by atoms with Gasteiger partial charge in [0, 0.05) is 4.88 Å². The van der Waals surface area contributed by atoms with Gasteiger partial charge in [-0.15, -0.1) is 11.3 Å². The van der Waals surface area contributed by atoms with Gasteiger partial charge in [-0.1, -0.05) is 0 Å². The molecule has 108 valence electrons. The van der Waals surface area contributed by atoms with Crippen LogP contribution in [0.1, 0.15) is 50.1 Å². The maximum atomic E-state index is 12.7. The first kappa shape index (κ1) is 13.6. The van der Waals surface area contributed by atoms with Crippen molar-refractivity contribution >= 4 is 23.2 Å². The topological polar surface area (TPSA) is 49.4 Å². The first-order valence-corrected chi connectivity index (χ1v) is 8.01. The van der Waals surface area contributed by atoms with Gasteiger partial charge in [-0.05, 0) is 57.0 Å². The molecule has 4 nitrogen and oxygen atoms in total. The molecule has 0 spiro atoms. The Morgan fingerprint density at radius 3 is 2.90 bits per heavy atom. The van der Waals surface area contributed by atoms with Crippen molar-refractivity contribution in [2.75, 3.05) is 0 Å². The van der Waals surface area contributed by atoms with Crippen LogP contribution < -0.4 is 5.32 Å². The second kappa shape index (κ2) is 4.58. The van der Waals surface area contributed by atoms with Crippen LogP contribution in [0.5, 0.6) is 0 Å². The van der Waals surface area contributed by atoms with Gasteiger partial charge >= 0.3 is 0 Å². The van der Waals surface area contributed by atoms with Gasteiger partial charge < -0.3 is 10.2 Å². The Bertz CT molecular complexity index is 564. The largest absolute Gasteiger partial charge is 0.340 e. The lowest BCUT2D eigenvalue weighted by Crippen LogP contribution is -2.67. The van der Waals surface area contributed by atoms with Crippen molar-refractivity contribution in [3.63, 3.8) is 0 Å². The third kappa shape index (κ3) is 1.95. The van der Waals surface area contributed by atoms with Crippen molar-refractivity contribution in [3.05, 3.63) is 21.9 Å². The van der Waals surface area contributed by atoms with Crippen LogP contribution in [0.2, 0.25) is 0 Å². The highest BCUT2D eigenvalue weighted by molar-refractivity contribution is 7.10. The summed E-state index contributed by atoms with van der Waals surface area (Å²) in [6, 6.07) is 1.77. The number of fused-ring (bicyclic) bond motifs is 1. The lowest BCUT2D eigenvalue weighted by molar-refractivity contribution is -0.156. The number of carbonyl (C=O) groups is 2. The number of thiophene rings is 1. The minimum atomic E-state index is -0.808. The minimum Gasteiger partial charge on any atom is -0.340 e. The number of hydrogen-bond acceptors (Lipinski definition) is 3. The molecule has 2 amide bonds. The fraction of sp³-hybridized carbons (Fsp3) is 0.600. The zero-order valence-electron chi connectivity index (χ0n) is 12.1. The van der Waals surface area contributed by atoms with E-state index in [1.54, 1.807) is 25.2 Å². The monoisotopic (exact) mass is 292 g/mol. The molecule has 2 unspecified atom stereocenters. The van der Waals surface area contributed by atoms with Gasteiger partial charge in [0.05, 0.1) is 6.04 Å². The minimum absolute atomic E-state index is 0.0219. The molecule has 1 aromatic heterocycles. The third-order valence-electron chi connectivity index (χ3n) is 4.36. The number of piperazine rings is 1. The van der Waals surface area contributed by atoms with Crippen molar-refractivity contribution in [2.45, 2.75) is 57.7 Å². The molecule has 0 saturated carbocycles. The molecule has 2 aliphatic rings. The van der Waals surface area contributed by atoms with E-state index >= 15 is 0 Å². The summed E-state index contributed by atoms with van der Waals surface area (Å²) in [7, 11) is 0. The molecule has 0 bridgehead atoms. The molecule has 1 fully saturated rings. The molecular formula is C15H20N2O2S. The van der Waals surface area contributed by atoms with Crippen LogP contribution in [0.4, 0.5) is 0 Å². The van der Waals surface area contributed by atoms with E-state index in [2.05, 4.69) is 16.8 Å². The van der Waals surface area contributed by atoms with Crippen LogP contribution >= 0.6 is 11.3 Å². The number of hydrogen-bond donors (Lipinski definition) is 1. The molecule has 20 heavy (non-hydrogen) atoms. The van der Waals surface area contributed by atoms with Gasteiger partial charge in [0.25, 0.3) is 0 Å². The zero-order valence-corrected chi connectivity index (χ0v) is 12.9. The molecular weight excluding hydrogens is 272 g/mol.